The number of halogens is 1. The SMILES string of the molecule is O=C(O)c1cc(-c2ccncc2)ccc1Cl. The number of carboxylic acid groups (broad SMARTS) is 1. The molecule has 16 heavy (non-hydrogen) atoms. The van der Waals surface area contributed by atoms with Crippen molar-refractivity contribution in [3.63, 3.8) is 0 Å². The van der Waals surface area contributed by atoms with Crippen LogP contribution in [0.3, 0.4) is 0 Å². The first-order valence-corrected chi connectivity index (χ1v) is 4.99. The number of benzene rings is 1. The summed E-state index contributed by atoms with van der Waals surface area (Å²) in [4.78, 5) is 14.8. The first-order valence-electron chi connectivity index (χ1n) is 4.62. The standard InChI is InChI=1S/C12H8ClNO2/c13-11-2-1-9(7-10(11)12(15)16)8-3-5-14-6-4-8/h1-7H,(H,15,16). The molecule has 1 N–H and O–H groups in total. The highest BCUT2D eigenvalue weighted by atomic mass is 35.5. The maximum absolute atomic E-state index is 10.9. The molecular weight excluding hydrogens is 226 g/mol. The third-order valence-electron chi connectivity index (χ3n) is 2.21. The number of nitrogens with zero attached hydrogens (tertiary/aromatic N) is 1. The van der Waals surface area contributed by atoms with Crippen LogP contribution in [0.1, 0.15) is 10.4 Å². The van der Waals surface area contributed by atoms with Gasteiger partial charge >= 0.3 is 5.97 Å². The van der Waals surface area contributed by atoms with Crippen LogP contribution in [0.5, 0.6) is 0 Å². The van der Waals surface area contributed by atoms with E-state index in [2.05, 4.69) is 4.98 Å². The molecule has 1 aromatic carbocycles. The number of pyridine rings is 1. The number of aromatic nitrogens is 1. The summed E-state index contributed by atoms with van der Waals surface area (Å²) in [6, 6.07) is 8.55. The van der Waals surface area contributed by atoms with Gasteiger partial charge in [-0.15, -0.1) is 0 Å². The van der Waals surface area contributed by atoms with E-state index in [1.807, 2.05) is 12.1 Å². The monoisotopic (exact) mass is 233 g/mol. The molecule has 1 aromatic heterocycles. The van der Waals surface area contributed by atoms with Crippen molar-refractivity contribution in [2.45, 2.75) is 0 Å². The quantitative estimate of drug-likeness (QED) is 0.867. The molecule has 0 radical (unpaired) electrons. The maximum atomic E-state index is 10.9. The molecule has 0 saturated heterocycles. The lowest BCUT2D eigenvalue weighted by Crippen LogP contribution is -1.97. The van der Waals surface area contributed by atoms with E-state index in [9.17, 15) is 4.79 Å². The molecule has 0 fully saturated rings. The Kier molecular flexibility index (Phi) is 2.88. The summed E-state index contributed by atoms with van der Waals surface area (Å²) in [6.45, 7) is 0. The Morgan fingerprint density at radius 3 is 2.44 bits per heavy atom. The molecule has 1 heterocycles. The molecule has 0 saturated carbocycles. The lowest BCUT2D eigenvalue weighted by molar-refractivity contribution is 0.0697. The summed E-state index contributed by atoms with van der Waals surface area (Å²) in [7, 11) is 0. The number of carbonyl (C=O) groups is 1. The van der Waals surface area contributed by atoms with E-state index in [1.165, 1.54) is 0 Å². The fraction of sp³-hybridized carbons (Fsp3) is 0. The molecule has 0 aliphatic rings. The highest BCUT2D eigenvalue weighted by Gasteiger charge is 2.09. The van der Waals surface area contributed by atoms with Gasteiger partial charge < -0.3 is 5.11 Å². The summed E-state index contributed by atoms with van der Waals surface area (Å²) in [6.07, 6.45) is 3.31. The smallest absolute Gasteiger partial charge is 0.337 e. The Balaban J connectivity index is 2.52. The Morgan fingerprint density at radius 1 is 1.12 bits per heavy atom. The van der Waals surface area contributed by atoms with Gasteiger partial charge in [0.2, 0.25) is 0 Å². The number of hydrogen-bond donors (Lipinski definition) is 1. The van der Waals surface area contributed by atoms with Gasteiger partial charge in [-0.2, -0.15) is 0 Å². The van der Waals surface area contributed by atoms with Crippen molar-refractivity contribution in [1.82, 2.24) is 4.98 Å². The third-order valence-corrected chi connectivity index (χ3v) is 2.54. The van der Waals surface area contributed by atoms with Crippen molar-refractivity contribution >= 4 is 17.6 Å². The zero-order chi connectivity index (χ0) is 11.5. The van der Waals surface area contributed by atoms with Crippen molar-refractivity contribution < 1.29 is 9.90 Å². The molecule has 2 rings (SSSR count). The molecule has 0 bridgehead atoms. The highest BCUT2D eigenvalue weighted by molar-refractivity contribution is 6.33. The van der Waals surface area contributed by atoms with E-state index >= 15 is 0 Å². The van der Waals surface area contributed by atoms with Gasteiger partial charge in [-0.05, 0) is 35.4 Å². The van der Waals surface area contributed by atoms with Gasteiger partial charge in [0.15, 0.2) is 0 Å². The van der Waals surface area contributed by atoms with Crippen LogP contribution in [0.2, 0.25) is 5.02 Å². The van der Waals surface area contributed by atoms with Gasteiger partial charge in [-0.3, -0.25) is 4.98 Å². The molecule has 0 spiro atoms. The highest BCUT2D eigenvalue weighted by Crippen LogP contribution is 2.24. The molecule has 3 nitrogen and oxygen atoms in total. The van der Waals surface area contributed by atoms with Gasteiger partial charge in [0.1, 0.15) is 0 Å². The number of rotatable bonds is 2. The summed E-state index contributed by atoms with van der Waals surface area (Å²) < 4.78 is 0. The predicted molar refractivity (Wildman–Crippen MR) is 61.6 cm³/mol. The molecule has 0 aliphatic heterocycles. The fourth-order valence-corrected chi connectivity index (χ4v) is 1.61. The van der Waals surface area contributed by atoms with Crippen molar-refractivity contribution in [2.75, 3.05) is 0 Å². The summed E-state index contributed by atoms with van der Waals surface area (Å²) in [5, 5.41) is 9.18. The molecule has 0 aliphatic carbocycles. The number of carboxylic acids is 1. The van der Waals surface area contributed by atoms with Gasteiger partial charge in [0.25, 0.3) is 0 Å². The lowest BCUT2D eigenvalue weighted by atomic mass is 10.0. The zero-order valence-corrected chi connectivity index (χ0v) is 8.98. The fourth-order valence-electron chi connectivity index (χ4n) is 1.41. The van der Waals surface area contributed by atoms with Crippen molar-refractivity contribution in [3.8, 4) is 11.1 Å². The minimum Gasteiger partial charge on any atom is -0.478 e. The average Bonchev–Trinajstić information content (AvgIpc) is 2.30. The van der Waals surface area contributed by atoms with E-state index < -0.39 is 5.97 Å². The van der Waals surface area contributed by atoms with Crippen LogP contribution in [0.4, 0.5) is 0 Å². The van der Waals surface area contributed by atoms with Crippen molar-refractivity contribution in [2.24, 2.45) is 0 Å². The average molecular weight is 234 g/mol. The van der Waals surface area contributed by atoms with Crippen LogP contribution in [0.15, 0.2) is 42.7 Å². The number of hydrogen-bond acceptors (Lipinski definition) is 2. The second-order valence-corrected chi connectivity index (χ2v) is 3.64. The van der Waals surface area contributed by atoms with Crippen LogP contribution in [0.25, 0.3) is 11.1 Å². The van der Waals surface area contributed by atoms with E-state index in [0.29, 0.717) is 0 Å². The van der Waals surface area contributed by atoms with Crippen LogP contribution in [0, 0.1) is 0 Å². The van der Waals surface area contributed by atoms with Gasteiger partial charge in [0, 0.05) is 12.4 Å². The number of aromatic carboxylic acids is 1. The Bertz CT molecular complexity index is 526. The molecule has 0 unspecified atom stereocenters. The van der Waals surface area contributed by atoms with Gasteiger partial charge in [-0.25, -0.2) is 4.79 Å². The second kappa shape index (κ2) is 4.33. The second-order valence-electron chi connectivity index (χ2n) is 3.24. The Morgan fingerprint density at radius 2 is 1.81 bits per heavy atom. The van der Waals surface area contributed by atoms with Gasteiger partial charge in [0.05, 0.1) is 10.6 Å². The van der Waals surface area contributed by atoms with E-state index in [1.54, 1.807) is 30.6 Å². The summed E-state index contributed by atoms with van der Waals surface area (Å²) >= 11 is 5.79. The molecule has 80 valence electrons. The lowest BCUT2D eigenvalue weighted by Gasteiger charge is -2.04. The van der Waals surface area contributed by atoms with Crippen LogP contribution >= 0.6 is 11.6 Å². The van der Waals surface area contributed by atoms with Crippen molar-refractivity contribution in [3.05, 3.63) is 53.3 Å². The molecule has 0 amide bonds. The Labute approximate surface area is 97.3 Å². The largest absolute Gasteiger partial charge is 0.478 e. The minimum atomic E-state index is -1.03. The van der Waals surface area contributed by atoms with Gasteiger partial charge in [-0.1, -0.05) is 17.7 Å². The predicted octanol–water partition coefficient (Wildman–Crippen LogP) is 3.10. The molecule has 4 heteroatoms. The minimum absolute atomic E-state index is 0.107. The first kappa shape index (κ1) is 10.6. The summed E-state index contributed by atoms with van der Waals surface area (Å²) in [5.41, 5.74) is 1.83. The van der Waals surface area contributed by atoms with Crippen LogP contribution in [-0.2, 0) is 0 Å². The zero-order valence-electron chi connectivity index (χ0n) is 8.22. The molecule has 0 atom stereocenters. The topological polar surface area (TPSA) is 50.2 Å². The normalized spacial score (nSPS) is 10.1. The van der Waals surface area contributed by atoms with E-state index in [-0.39, 0.29) is 10.6 Å². The maximum Gasteiger partial charge on any atom is 0.337 e. The molecule has 2 aromatic rings. The van der Waals surface area contributed by atoms with Crippen LogP contribution < -0.4 is 0 Å². The first-order chi connectivity index (χ1) is 7.68. The molecular formula is C12H8ClNO2. The van der Waals surface area contributed by atoms with Crippen LogP contribution in [-0.4, -0.2) is 16.1 Å². The van der Waals surface area contributed by atoms with Crippen molar-refractivity contribution in [1.29, 1.82) is 0 Å². The van der Waals surface area contributed by atoms with E-state index in [0.717, 1.165) is 11.1 Å². The Hall–Kier alpha value is -1.87. The summed E-state index contributed by atoms with van der Waals surface area (Å²) in [5.74, 6) is -1.03. The third kappa shape index (κ3) is 2.04. The van der Waals surface area contributed by atoms with E-state index in [4.69, 9.17) is 16.7 Å².